The molecule has 2 aromatic heterocycles. The third kappa shape index (κ3) is 7.28. The first-order chi connectivity index (χ1) is 22.6. The van der Waals surface area contributed by atoms with Crippen LogP contribution in [0, 0.1) is 6.92 Å². The number of anilines is 2. The molecular formula is C31H36N10O6. The Morgan fingerprint density at radius 1 is 1.09 bits per heavy atom. The predicted molar refractivity (Wildman–Crippen MR) is 177 cm³/mol. The highest BCUT2D eigenvalue weighted by atomic mass is 16.5. The summed E-state index contributed by atoms with van der Waals surface area (Å²) >= 11 is 0. The molecule has 0 saturated heterocycles. The number of fused-ring (bicyclic) bond motifs is 1. The fraction of sp³-hybridized carbons (Fsp3) is 0.258. The number of aromatic nitrogens is 4. The number of ether oxygens (including phenoxy) is 2. The Morgan fingerprint density at radius 3 is 2.40 bits per heavy atom. The highest BCUT2D eigenvalue weighted by Crippen LogP contribution is 2.39. The van der Waals surface area contributed by atoms with Gasteiger partial charge in [-0.1, -0.05) is 12.2 Å². The van der Waals surface area contributed by atoms with Crippen LogP contribution in [0.1, 0.15) is 43.8 Å². The van der Waals surface area contributed by atoms with Crippen LogP contribution in [0.5, 0.6) is 11.5 Å². The number of benzene rings is 2. The van der Waals surface area contributed by atoms with Gasteiger partial charge >= 0.3 is 0 Å². The number of nitrogens with zero attached hydrogens (tertiary/aromatic N) is 6. The number of nitrogens with one attached hydrogen (secondary N) is 2. The largest absolute Gasteiger partial charge is 0.494 e. The number of hydrogen-bond acceptors (Lipinski definition) is 11. The van der Waals surface area contributed by atoms with Crippen molar-refractivity contribution in [2.75, 3.05) is 37.6 Å². The van der Waals surface area contributed by atoms with Crippen LogP contribution in [0.2, 0.25) is 0 Å². The average molecular weight is 645 g/mol. The van der Waals surface area contributed by atoms with Gasteiger partial charge in [0.15, 0.2) is 5.75 Å². The van der Waals surface area contributed by atoms with Crippen molar-refractivity contribution in [2.24, 2.45) is 16.5 Å². The summed E-state index contributed by atoms with van der Waals surface area (Å²) < 4.78 is 14.1. The van der Waals surface area contributed by atoms with E-state index in [1.54, 1.807) is 29.3 Å². The van der Waals surface area contributed by atoms with Crippen molar-refractivity contribution < 1.29 is 28.7 Å². The van der Waals surface area contributed by atoms with Gasteiger partial charge in [0.2, 0.25) is 17.8 Å². The molecule has 16 heteroatoms. The van der Waals surface area contributed by atoms with Crippen molar-refractivity contribution in [3.8, 4) is 11.5 Å². The van der Waals surface area contributed by atoms with E-state index in [2.05, 4.69) is 32.4 Å². The van der Waals surface area contributed by atoms with E-state index in [1.807, 2.05) is 24.0 Å². The van der Waals surface area contributed by atoms with E-state index in [0.29, 0.717) is 47.1 Å². The number of rotatable bonds is 16. The Hall–Kier alpha value is -6.03. The van der Waals surface area contributed by atoms with Crippen LogP contribution in [0.4, 0.5) is 17.3 Å². The van der Waals surface area contributed by atoms with E-state index in [4.69, 9.17) is 20.9 Å². The summed E-state index contributed by atoms with van der Waals surface area (Å²) in [5.74, 6) is -1.20. The molecule has 0 spiro atoms. The summed E-state index contributed by atoms with van der Waals surface area (Å²) in [6, 6.07) is 7.53. The monoisotopic (exact) mass is 644 g/mol. The number of nitrogens with two attached hydrogens (primary N) is 2. The lowest BCUT2D eigenvalue weighted by molar-refractivity contribution is -0.120. The SMILES string of the molecule is C=Nc1cc(C(N)=O)cc(OC=O)c1N(C/C=C/Cn1c(NC(=O)c2cc(C)nn2CC)nc2cc(C(N)=O)cc(OC)c21)CNC. The van der Waals surface area contributed by atoms with Gasteiger partial charge in [-0.25, -0.2) is 4.98 Å². The quantitative estimate of drug-likeness (QED) is 0.0603. The number of hydrogen-bond donors (Lipinski definition) is 4. The molecule has 0 aliphatic rings. The number of allylic oxidation sites excluding steroid dienone is 1. The van der Waals surface area contributed by atoms with Crippen LogP contribution in [0.25, 0.3) is 11.0 Å². The molecule has 246 valence electrons. The molecule has 0 unspecified atom stereocenters. The van der Waals surface area contributed by atoms with E-state index >= 15 is 0 Å². The third-order valence-electron chi connectivity index (χ3n) is 7.10. The molecule has 0 bridgehead atoms. The number of aliphatic imine (C=N–C) groups is 1. The van der Waals surface area contributed by atoms with Crippen LogP contribution < -0.4 is 36.5 Å². The van der Waals surface area contributed by atoms with E-state index in [1.165, 1.54) is 31.4 Å². The van der Waals surface area contributed by atoms with Gasteiger partial charge < -0.3 is 35.7 Å². The molecule has 0 aliphatic carbocycles. The smallest absolute Gasteiger partial charge is 0.298 e. The van der Waals surface area contributed by atoms with Gasteiger partial charge in [-0.2, -0.15) is 5.10 Å². The van der Waals surface area contributed by atoms with Crippen LogP contribution >= 0.6 is 0 Å². The maximum atomic E-state index is 13.4. The lowest BCUT2D eigenvalue weighted by Gasteiger charge is -2.26. The Morgan fingerprint density at radius 2 is 1.79 bits per heavy atom. The summed E-state index contributed by atoms with van der Waals surface area (Å²) in [7, 11) is 3.19. The number of carbonyl (C=O) groups excluding carboxylic acids is 4. The Bertz CT molecular complexity index is 1880. The van der Waals surface area contributed by atoms with Crippen molar-refractivity contribution >= 4 is 59.3 Å². The predicted octanol–water partition coefficient (Wildman–Crippen LogP) is 2.13. The minimum Gasteiger partial charge on any atom is -0.494 e. The molecule has 16 nitrogen and oxygen atoms in total. The normalized spacial score (nSPS) is 11.1. The van der Waals surface area contributed by atoms with Gasteiger partial charge in [0.25, 0.3) is 12.4 Å². The van der Waals surface area contributed by atoms with Gasteiger partial charge in [-0.15, -0.1) is 0 Å². The minimum atomic E-state index is -0.722. The second-order valence-corrected chi connectivity index (χ2v) is 10.2. The van der Waals surface area contributed by atoms with Crippen molar-refractivity contribution in [3.05, 3.63) is 65.0 Å². The highest BCUT2D eigenvalue weighted by molar-refractivity contribution is 6.04. The van der Waals surface area contributed by atoms with Gasteiger partial charge in [-0.3, -0.25) is 34.2 Å². The van der Waals surface area contributed by atoms with Gasteiger partial charge in [0.1, 0.15) is 22.6 Å². The van der Waals surface area contributed by atoms with Gasteiger partial charge in [0, 0.05) is 30.8 Å². The Labute approximate surface area is 270 Å². The average Bonchev–Trinajstić information content (AvgIpc) is 3.60. The van der Waals surface area contributed by atoms with Crippen LogP contribution in [0.3, 0.4) is 0 Å². The lowest BCUT2D eigenvalue weighted by Crippen LogP contribution is -2.33. The lowest BCUT2D eigenvalue weighted by atomic mass is 10.1. The summed E-state index contributed by atoms with van der Waals surface area (Å²) in [4.78, 5) is 59.0. The fourth-order valence-electron chi connectivity index (χ4n) is 5.06. The summed E-state index contributed by atoms with van der Waals surface area (Å²) in [6.45, 7) is 8.79. The Kier molecular flexibility index (Phi) is 10.7. The number of methoxy groups -OCH3 is 1. The molecule has 0 aliphatic heterocycles. The first kappa shape index (κ1) is 33.9. The number of primary amides is 2. The number of imidazole rings is 1. The van der Waals surface area contributed by atoms with Crippen LogP contribution in [0.15, 0.2) is 47.5 Å². The molecule has 6 N–H and O–H groups in total. The van der Waals surface area contributed by atoms with Gasteiger partial charge in [-0.05, 0) is 57.9 Å². The van der Waals surface area contributed by atoms with Gasteiger partial charge in [0.05, 0.1) is 30.7 Å². The maximum absolute atomic E-state index is 13.4. The molecule has 4 rings (SSSR count). The summed E-state index contributed by atoms with van der Waals surface area (Å²) in [5.41, 5.74) is 13.9. The van der Waals surface area contributed by atoms with E-state index < -0.39 is 17.7 Å². The van der Waals surface area contributed by atoms with Crippen molar-refractivity contribution in [1.29, 1.82) is 0 Å². The van der Waals surface area contributed by atoms with Crippen molar-refractivity contribution in [2.45, 2.75) is 26.9 Å². The van der Waals surface area contributed by atoms with E-state index in [9.17, 15) is 19.2 Å². The fourth-order valence-corrected chi connectivity index (χ4v) is 5.06. The zero-order chi connectivity index (χ0) is 34.2. The van der Waals surface area contributed by atoms with Crippen LogP contribution in [-0.4, -0.2) is 77.6 Å². The molecule has 2 aromatic carbocycles. The molecule has 0 atom stereocenters. The van der Waals surface area contributed by atoms with Crippen LogP contribution in [-0.2, 0) is 17.9 Å². The van der Waals surface area contributed by atoms with E-state index in [0.717, 1.165) is 0 Å². The minimum absolute atomic E-state index is 0.0736. The second kappa shape index (κ2) is 14.8. The van der Waals surface area contributed by atoms with E-state index in [-0.39, 0.29) is 48.1 Å². The zero-order valence-corrected chi connectivity index (χ0v) is 26.4. The molecule has 0 saturated carbocycles. The number of aryl methyl sites for hydroxylation is 2. The molecule has 2 heterocycles. The topological polar surface area (TPSA) is 214 Å². The summed E-state index contributed by atoms with van der Waals surface area (Å²) in [6.07, 6.45) is 3.68. The molecular weight excluding hydrogens is 608 g/mol. The molecule has 0 fully saturated rings. The second-order valence-electron chi connectivity index (χ2n) is 10.2. The number of amides is 3. The molecule has 47 heavy (non-hydrogen) atoms. The Balaban J connectivity index is 1.73. The maximum Gasteiger partial charge on any atom is 0.298 e. The number of carbonyl (C=O) groups is 4. The molecule has 3 amide bonds. The zero-order valence-electron chi connectivity index (χ0n) is 26.4. The molecule has 4 aromatic rings. The first-order valence-corrected chi connectivity index (χ1v) is 14.4. The summed E-state index contributed by atoms with van der Waals surface area (Å²) in [5, 5.41) is 10.3. The third-order valence-corrected chi connectivity index (χ3v) is 7.10. The van der Waals surface area contributed by atoms with Crippen molar-refractivity contribution in [1.82, 2.24) is 24.6 Å². The standard InChI is InChI=1S/C31H36N10O6/c1-6-41-23(11-18(2)38-41)30(45)37-31-36-22-13-20(29(33)44)14-24(46-5)27(22)40(31)10-8-7-9-39(16-34-3)26-21(35-4)12-19(28(32)43)15-25(26)47-17-42/h7-8,11-15,17,34H,4,6,9-10,16H2,1-3,5H3,(H2,32,43)(H2,33,44)(H,36,37,45)/b8-7+. The first-order valence-electron chi connectivity index (χ1n) is 14.4. The molecule has 0 radical (unpaired) electrons. The van der Waals surface area contributed by atoms with Crippen molar-refractivity contribution in [3.63, 3.8) is 0 Å². The highest BCUT2D eigenvalue weighted by Gasteiger charge is 2.22.